The van der Waals surface area contributed by atoms with Crippen molar-refractivity contribution >= 4 is 31.9 Å². The predicted octanol–water partition coefficient (Wildman–Crippen LogP) is 4.50. The van der Waals surface area contributed by atoms with E-state index in [9.17, 15) is 0 Å². The first-order chi connectivity index (χ1) is 9.20. The van der Waals surface area contributed by atoms with Crippen molar-refractivity contribution in [2.75, 3.05) is 6.54 Å². The Labute approximate surface area is 130 Å². The third-order valence-electron chi connectivity index (χ3n) is 2.96. The Morgan fingerprint density at radius 1 is 1.21 bits per heavy atom. The average molecular weight is 384 g/mol. The fourth-order valence-corrected chi connectivity index (χ4v) is 2.89. The second-order valence-corrected chi connectivity index (χ2v) is 6.11. The number of hydrogen-bond acceptors (Lipinski definition) is 2. The van der Waals surface area contributed by atoms with Crippen LogP contribution in [0.5, 0.6) is 0 Å². The van der Waals surface area contributed by atoms with Crippen LogP contribution in [-0.4, -0.2) is 11.5 Å². The van der Waals surface area contributed by atoms with Crippen LogP contribution in [0.3, 0.4) is 0 Å². The summed E-state index contributed by atoms with van der Waals surface area (Å²) in [4.78, 5) is 4.25. The molecule has 100 valence electrons. The highest BCUT2D eigenvalue weighted by Crippen LogP contribution is 2.24. The molecular weight excluding hydrogens is 368 g/mol. The molecule has 1 N–H and O–H groups in total. The highest BCUT2D eigenvalue weighted by molar-refractivity contribution is 9.10. The Hall–Kier alpha value is -0.710. The van der Waals surface area contributed by atoms with E-state index in [0.29, 0.717) is 0 Å². The maximum absolute atomic E-state index is 4.25. The summed E-state index contributed by atoms with van der Waals surface area (Å²) in [6, 6.07) is 10.7. The van der Waals surface area contributed by atoms with Crippen molar-refractivity contribution in [2.24, 2.45) is 0 Å². The number of pyridine rings is 1. The van der Waals surface area contributed by atoms with E-state index in [1.54, 1.807) is 0 Å². The van der Waals surface area contributed by atoms with Gasteiger partial charge in [0, 0.05) is 27.4 Å². The molecule has 4 heteroatoms. The molecule has 0 fully saturated rings. The monoisotopic (exact) mass is 382 g/mol. The largest absolute Gasteiger partial charge is 0.310 e. The smallest absolute Gasteiger partial charge is 0.0410 e. The van der Waals surface area contributed by atoms with E-state index in [1.165, 1.54) is 11.1 Å². The zero-order chi connectivity index (χ0) is 13.7. The van der Waals surface area contributed by atoms with Gasteiger partial charge in [0.1, 0.15) is 0 Å². The van der Waals surface area contributed by atoms with Crippen molar-refractivity contribution in [1.29, 1.82) is 0 Å². The molecule has 0 aliphatic carbocycles. The van der Waals surface area contributed by atoms with E-state index in [1.807, 2.05) is 18.5 Å². The molecule has 1 atom stereocenters. The molecule has 0 radical (unpaired) electrons. The van der Waals surface area contributed by atoms with Crippen LogP contribution in [0.1, 0.15) is 24.1 Å². The van der Waals surface area contributed by atoms with Gasteiger partial charge in [-0.15, -0.1) is 0 Å². The van der Waals surface area contributed by atoms with Crippen LogP contribution in [0.15, 0.2) is 51.7 Å². The Balaban J connectivity index is 2.24. The molecule has 0 aliphatic rings. The quantitative estimate of drug-likeness (QED) is 0.822. The fraction of sp³-hybridized carbons (Fsp3) is 0.267. The van der Waals surface area contributed by atoms with Crippen LogP contribution in [0.4, 0.5) is 0 Å². The van der Waals surface area contributed by atoms with Crippen molar-refractivity contribution in [3.8, 4) is 0 Å². The summed E-state index contributed by atoms with van der Waals surface area (Å²) < 4.78 is 2.17. The molecule has 0 bridgehead atoms. The maximum Gasteiger partial charge on any atom is 0.0410 e. The molecule has 0 amide bonds. The first-order valence-corrected chi connectivity index (χ1v) is 7.86. The SMILES string of the molecule is CCNC(Cc1ccccc1Br)c1cncc(Br)c1. The summed E-state index contributed by atoms with van der Waals surface area (Å²) in [7, 11) is 0. The Kier molecular flexibility index (Phi) is 5.55. The van der Waals surface area contributed by atoms with Crippen molar-refractivity contribution in [2.45, 2.75) is 19.4 Å². The number of nitrogens with one attached hydrogen (secondary N) is 1. The molecule has 0 aliphatic heterocycles. The molecule has 19 heavy (non-hydrogen) atoms. The summed E-state index contributed by atoms with van der Waals surface area (Å²) >= 11 is 7.09. The molecule has 0 saturated heterocycles. The van der Waals surface area contributed by atoms with Gasteiger partial charge in [-0.05, 0) is 52.2 Å². The summed E-state index contributed by atoms with van der Waals surface area (Å²) in [5.41, 5.74) is 2.50. The number of nitrogens with zero attached hydrogens (tertiary/aromatic N) is 1. The highest BCUT2D eigenvalue weighted by Gasteiger charge is 2.13. The lowest BCUT2D eigenvalue weighted by atomic mass is 10.0. The molecule has 1 unspecified atom stereocenters. The van der Waals surface area contributed by atoms with E-state index >= 15 is 0 Å². The van der Waals surface area contributed by atoms with E-state index in [0.717, 1.165) is 21.9 Å². The van der Waals surface area contributed by atoms with E-state index in [-0.39, 0.29) is 6.04 Å². The normalized spacial score (nSPS) is 12.4. The molecule has 1 aromatic heterocycles. The molecule has 0 saturated carbocycles. The van der Waals surface area contributed by atoms with E-state index in [2.05, 4.69) is 73.3 Å². The number of aromatic nitrogens is 1. The third kappa shape index (κ3) is 4.13. The summed E-state index contributed by atoms with van der Waals surface area (Å²) in [6.45, 7) is 3.06. The number of halogens is 2. The zero-order valence-electron chi connectivity index (χ0n) is 10.7. The molecule has 1 aromatic carbocycles. The average Bonchev–Trinajstić information content (AvgIpc) is 2.40. The van der Waals surface area contributed by atoms with Gasteiger partial charge in [-0.2, -0.15) is 0 Å². The van der Waals surface area contributed by atoms with Gasteiger partial charge in [0.15, 0.2) is 0 Å². The summed E-state index contributed by atoms with van der Waals surface area (Å²) in [6.07, 6.45) is 4.67. The van der Waals surface area contributed by atoms with Crippen LogP contribution in [-0.2, 0) is 6.42 Å². The first-order valence-electron chi connectivity index (χ1n) is 6.28. The number of rotatable bonds is 5. The van der Waals surface area contributed by atoms with Crippen LogP contribution < -0.4 is 5.32 Å². The van der Waals surface area contributed by atoms with Gasteiger partial charge >= 0.3 is 0 Å². The van der Waals surface area contributed by atoms with Gasteiger partial charge in [0.2, 0.25) is 0 Å². The number of hydrogen-bond donors (Lipinski definition) is 1. The molecule has 1 heterocycles. The van der Waals surface area contributed by atoms with Crippen LogP contribution in [0.2, 0.25) is 0 Å². The predicted molar refractivity (Wildman–Crippen MR) is 86.2 cm³/mol. The molecule has 2 aromatic rings. The molecular formula is C15H16Br2N2. The van der Waals surface area contributed by atoms with Crippen molar-refractivity contribution in [3.05, 3.63) is 62.8 Å². The van der Waals surface area contributed by atoms with Gasteiger partial charge in [0.05, 0.1) is 0 Å². The highest BCUT2D eigenvalue weighted by atomic mass is 79.9. The van der Waals surface area contributed by atoms with E-state index < -0.39 is 0 Å². The topological polar surface area (TPSA) is 24.9 Å². The fourth-order valence-electron chi connectivity index (χ4n) is 2.06. The van der Waals surface area contributed by atoms with E-state index in [4.69, 9.17) is 0 Å². The molecule has 2 rings (SSSR count). The van der Waals surface area contributed by atoms with Gasteiger partial charge < -0.3 is 5.32 Å². The standard InChI is InChI=1S/C15H16Br2N2/c1-2-19-15(12-7-13(16)10-18-9-12)8-11-5-3-4-6-14(11)17/h3-7,9-10,15,19H,2,8H2,1H3. The molecule has 2 nitrogen and oxygen atoms in total. The minimum absolute atomic E-state index is 0.272. The van der Waals surface area contributed by atoms with Gasteiger partial charge in [-0.1, -0.05) is 41.1 Å². The van der Waals surface area contributed by atoms with Gasteiger partial charge in [-0.25, -0.2) is 0 Å². The van der Waals surface area contributed by atoms with Gasteiger partial charge in [0.25, 0.3) is 0 Å². The summed E-state index contributed by atoms with van der Waals surface area (Å²) in [5.74, 6) is 0. The Morgan fingerprint density at radius 3 is 2.68 bits per heavy atom. The van der Waals surface area contributed by atoms with Crippen molar-refractivity contribution in [1.82, 2.24) is 10.3 Å². The Bertz CT molecular complexity index is 543. The number of likely N-dealkylation sites (N-methyl/N-ethyl adjacent to an activating group) is 1. The summed E-state index contributed by atoms with van der Waals surface area (Å²) in [5, 5.41) is 3.52. The third-order valence-corrected chi connectivity index (χ3v) is 4.17. The molecule has 0 spiro atoms. The van der Waals surface area contributed by atoms with Crippen molar-refractivity contribution in [3.63, 3.8) is 0 Å². The lowest BCUT2D eigenvalue weighted by Gasteiger charge is -2.19. The minimum atomic E-state index is 0.272. The Morgan fingerprint density at radius 2 is 2.00 bits per heavy atom. The second kappa shape index (κ2) is 7.17. The maximum atomic E-state index is 4.25. The van der Waals surface area contributed by atoms with Crippen LogP contribution in [0.25, 0.3) is 0 Å². The minimum Gasteiger partial charge on any atom is -0.310 e. The first kappa shape index (κ1) is 14.7. The van der Waals surface area contributed by atoms with Gasteiger partial charge in [-0.3, -0.25) is 4.98 Å². The van der Waals surface area contributed by atoms with Crippen molar-refractivity contribution < 1.29 is 0 Å². The van der Waals surface area contributed by atoms with Crippen LogP contribution >= 0.6 is 31.9 Å². The lowest BCUT2D eigenvalue weighted by Crippen LogP contribution is -2.23. The lowest BCUT2D eigenvalue weighted by molar-refractivity contribution is 0.547. The number of benzene rings is 1. The zero-order valence-corrected chi connectivity index (χ0v) is 13.9. The van der Waals surface area contributed by atoms with Crippen LogP contribution in [0, 0.1) is 0 Å². The second-order valence-electron chi connectivity index (χ2n) is 4.34.